The van der Waals surface area contributed by atoms with Crippen LogP contribution in [0.5, 0.6) is 5.75 Å². The number of piperidine rings is 1. The lowest BCUT2D eigenvalue weighted by Crippen LogP contribution is -2.46. The first-order valence-corrected chi connectivity index (χ1v) is 11.7. The average molecular weight is 473 g/mol. The molecule has 1 heterocycles. The second kappa shape index (κ2) is 9.98. The topological polar surface area (TPSA) is 90.9 Å². The molecule has 1 saturated heterocycles. The molecule has 2 aromatic carbocycles. The summed E-state index contributed by atoms with van der Waals surface area (Å²) in [6.07, 6.45) is 1.38. The molecule has 30 heavy (non-hydrogen) atoms. The van der Waals surface area contributed by atoms with E-state index in [4.69, 9.17) is 27.9 Å². The highest BCUT2D eigenvalue weighted by Crippen LogP contribution is 2.23. The van der Waals surface area contributed by atoms with Crippen LogP contribution in [0.4, 0.5) is 4.79 Å². The van der Waals surface area contributed by atoms with Crippen molar-refractivity contribution in [3.05, 3.63) is 58.1 Å². The maximum Gasteiger partial charge on any atom is 0.322 e. The van der Waals surface area contributed by atoms with Crippen molar-refractivity contribution in [2.75, 3.05) is 20.1 Å². The summed E-state index contributed by atoms with van der Waals surface area (Å²) in [4.78, 5) is 14.5. The number of nitrogens with zero attached hydrogens (tertiary/aromatic N) is 1. The molecule has 2 aromatic rings. The molecule has 0 radical (unpaired) electrons. The van der Waals surface area contributed by atoms with Gasteiger partial charge >= 0.3 is 16.4 Å². The highest BCUT2D eigenvalue weighted by molar-refractivity contribution is 7.95. The predicted molar refractivity (Wildman–Crippen MR) is 118 cm³/mol. The molecule has 3 N–H and O–H groups in total. The van der Waals surface area contributed by atoms with Gasteiger partial charge in [-0.25, -0.2) is 4.79 Å². The molecule has 1 atom stereocenters. The second-order valence-electron chi connectivity index (χ2n) is 6.90. The maximum absolute atomic E-state index is 12.4. The van der Waals surface area contributed by atoms with Crippen molar-refractivity contribution in [2.45, 2.75) is 30.4 Å². The molecule has 1 aliphatic rings. The van der Waals surface area contributed by atoms with E-state index in [1.807, 2.05) is 0 Å². The smallest absolute Gasteiger partial charge is 0.322 e. The number of urea groups is 1. The van der Waals surface area contributed by atoms with Gasteiger partial charge in [0, 0.05) is 61.7 Å². The van der Waals surface area contributed by atoms with Crippen molar-refractivity contribution >= 4 is 39.6 Å². The average Bonchev–Trinajstić information content (AvgIpc) is 2.74. The summed E-state index contributed by atoms with van der Waals surface area (Å²) >= 11 is 12.0. The molecule has 10 heteroatoms. The Bertz CT molecular complexity index is 934. The van der Waals surface area contributed by atoms with Gasteiger partial charge in [-0.15, -0.1) is 4.72 Å². The molecule has 0 saturated carbocycles. The second-order valence-corrected chi connectivity index (χ2v) is 9.68. The van der Waals surface area contributed by atoms with Gasteiger partial charge in [-0.3, -0.25) is 0 Å². The van der Waals surface area contributed by atoms with Crippen LogP contribution in [0.25, 0.3) is 0 Å². The lowest BCUT2D eigenvalue weighted by atomic mass is 10.1. The van der Waals surface area contributed by atoms with E-state index in [0.29, 0.717) is 53.2 Å². The van der Waals surface area contributed by atoms with Crippen molar-refractivity contribution in [3.8, 4) is 5.75 Å². The third-order valence-electron chi connectivity index (χ3n) is 4.90. The molecule has 0 aromatic heterocycles. The zero-order valence-corrected chi connectivity index (χ0v) is 18.8. The molecule has 0 bridgehead atoms. The summed E-state index contributed by atoms with van der Waals surface area (Å²) in [5.74, 6) is 0.630. The summed E-state index contributed by atoms with van der Waals surface area (Å²) in [5.41, 5.74) is 0.807. The lowest BCUT2D eigenvalue weighted by molar-refractivity contribution is 0.111. The van der Waals surface area contributed by atoms with Crippen molar-refractivity contribution < 1.29 is 18.3 Å². The zero-order valence-electron chi connectivity index (χ0n) is 16.4. The molecular weight excluding hydrogens is 449 g/mol. The Morgan fingerprint density at radius 2 is 1.87 bits per heavy atom. The molecule has 1 aliphatic heterocycles. The van der Waals surface area contributed by atoms with Gasteiger partial charge < -0.3 is 15.0 Å². The van der Waals surface area contributed by atoms with E-state index in [9.17, 15) is 13.6 Å². The number of ether oxygens (including phenoxy) is 1. The molecular formula is C20H24Cl2N3O4S+. The normalized spacial score (nSPS) is 16.7. The Balaban J connectivity index is 1.46. The number of carbonyl (C=O) groups excluding carboxylic acids is 1. The summed E-state index contributed by atoms with van der Waals surface area (Å²) in [6, 6.07) is 11.5. The number of likely N-dealkylation sites (tertiary alicyclic amines) is 1. The Kier molecular flexibility index (Phi) is 7.60. The van der Waals surface area contributed by atoms with Crippen molar-refractivity contribution in [2.24, 2.45) is 0 Å². The third-order valence-corrected chi connectivity index (χ3v) is 6.95. The van der Waals surface area contributed by atoms with Crippen LogP contribution in [0.3, 0.4) is 0 Å². The van der Waals surface area contributed by atoms with Gasteiger partial charge in [0.15, 0.2) is 0 Å². The van der Waals surface area contributed by atoms with E-state index in [1.54, 1.807) is 47.4 Å². The summed E-state index contributed by atoms with van der Waals surface area (Å²) in [7, 11) is -1.79. The lowest BCUT2D eigenvalue weighted by Gasteiger charge is -2.32. The van der Waals surface area contributed by atoms with Gasteiger partial charge in [0.25, 0.3) is 0 Å². The Morgan fingerprint density at radius 3 is 2.47 bits per heavy atom. The van der Waals surface area contributed by atoms with Crippen LogP contribution < -0.4 is 14.8 Å². The predicted octanol–water partition coefficient (Wildman–Crippen LogP) is 4.21. The van der Waals surface area contributed by atoms with Crippen molar-refractivity contribution in [1.29, 1.82) is 0 Å². The number of benzene rings is 2. The number of amides is 2. The Labute approximate surface area is 187 Å². The van der Waals surface area contributed by atoms with E-state index < -0.39 is 10.4 Å². The van der Waals surface area contributed by atoms with Crippen LogP contribution >= 0.6 is 23.2 Å². The third kappa shape index (κ3) is 5.86. The summed E-state index contributed by atoms with van der Waals surface area (Å²) in [6.45, 7) is 1.48. The molecule has 3 rings (SSSR count). The monoisotopic (exact) mass is 472 g/mol. The van der Waals surface area contributed by atoms with Gasteiger partial charge in [-0.1, -0.05) is 29.3 Å². The van der Waals surface area contributed by atoms with Crippen LogP contribution in [0.2, 0.25) is 10.0 Å². The minimum Gasteiger partial charge on any atom is -0.490 e. The molecule has 162 valence electrons. The number of carbonyl (C=O) groups is 1. The first-order chi connectivity index (χ1) is 14.3. The standard InChI is InChI=1S/C20H23Cl2N3O4S/c1-23-30(27,28)18-6-4-16(5-7-18)29-17-8-10-25(11-9-17)20(26)24-13-14-2-3-15(21)12-19(14)22/h2-7,12,17H,8-11,13H2,1H3,(H2-,23,24,26,27,28)/p+1. The van der Waals surface area contributed by atoms with Gasteiger partial charge in [-0.05, 0) is 34.0 Å². The minimum atomic E-state index is -3.22. The minimum absolute atomic E-state index is 0.0200. The van der Waals surface area contributed by atoms with E-state index in [2.05, 4.69) is 10.0 Å². The summed E-state index contributed by atoms with van der Waals surface area (Å²) in [5, 5.41) is 3.96. The van der Waals surface area contributed by atoms with Gasteiger partial charge in [-0.2, -0.15) is 4.55 Å². The van der Waals surface area contributed by atoms with E-state index in [1.165, 1.54) is 7.05 Å². The first-order valence-electron chi connectivity index (χ1n) is 9.47. The molecule has 1 unspecified atom stereocenters. The van der Waals surface area contributed by atoms with Crippen LogP contribution in [0.15, 0.2) is 47.4 Å². The quantitative estimate of drug-likeness (QED) is 0.549. The van der Waals surface area contributed by atoms with Gasteiger partial charge in [0.2, 0.25) is 4.90 Å². The molecule has 0 spiro atoms. The van der Waals surface area contributed by atoms with E-state index >= 15 is 0 Å². The van der Waals surface area contributed by atoms with Crippen molar-refractivity contribution in [3.63, 3.8) is 0 Å². The maximum atomic E-state index is 12.4. The van der Waals surface area contributed by atoms with Crippen LogP contribution in [0, 0.1) is 0 Å². The van der Waals surface area contributed by atoms with E-state index in [0.717, 1.165) is 5.56 Å². The van der Waals surface area contributed by atoms with Crippen molar-refractivity contribution in [1.82, 2.24) is 14.9 Å². The fraction of sp³-hybridized carbons (Fsp3) is 0.350. The summed E-state index contributed by atoms with van der Waals surface area (Å²) < 4.78 is 30.0. The fourth-order valence-corrected chi connectivity index (χ4v) is 4.35. The fourth-order valence-electron chi connectivity index (χ4n) is 3.14. The molecule has 1 fully saturated rings. The van der Waals surface area contributed by atoms with Gasteiger partial charge in [0.05, 0.1) is 0 Å². The first kappa shape index (κ1) is 22.8. The Hall–Kier alpha value is -1.84. The van der Waals surface area contributed by atoms with Gasteiger partial charge in [0.1, 0.15) is 11.9 Å². The molecule has 0 aliphatic carbocycles. The number of hydrogen-bond donors (Lipinski definition) is 3. The Morgan fingerprint density at radius 1 is 1.20 bits per heavy atom. The molecule has 2 amide bonds. The molecule has 7 nitrogen and oxygen atoms in total. The number of rotatable bonds is 6. The number of nitrogens with one attached hydrogen (secondary N) is 2. The van der Waals surface area contributed by atoms with Crippen LogP contribution in [-0.4, -0.2) is 41.7 Å². The largest absolute Gasteiger partial charge is 0.490 e. The SMILES string of the molecule is CN[S+](=O)(O)c1ccc(OC2CCN(C(=O)NCc3ccc(Cl)cc3Cl)CC2)cc1. The van der Waals surface area contributed by atoms with Crippen LogP contribution in [0.1, 0.15) is 18.4 Å². The highest BCUT2D eigenvalue weighted by atomic mass is 35.5. The number of halogens is 2. The number of hydrogen-bond acceptors (Lipinski definition) is 3. The highest BCUT2D eigenvalue weighted by Gasteiger charge is 2.27. The van der Waals surface area contributed by atoms with Crippen LogP contribution in [-0.2, 0) is 21.2 Å². The zero-order chi connectivity index (χ0) is 21.7. The van der Waals surface area contributed by atoms with E-state index in [-0.39, 0.29) is 12.1 Å².